The molecule has 2 amide bonds. The number of aliphatic hydroxyl groups excluding tert-OH is 1. The third-order valence-electron chi connectivity index (χ3n) is 4.92. The lowest BCUT2D eigenvalue weighted by atomic mass is 10.0. The van der Waals surface area contributed by atoms with E-state index in [1.807, 2.05) is 32.9 Å². The molecule has 0 spiro atoms. The highest BCUT2D eigenvalue weighted by Crippen LogP contribution is 2.39. The molecule has 0 saturated carbocycles. The normalized spacial score (nSPS) is 14.2. The molecule has 0 bridgehead atoms. The van der Waals surface area contributed by atoms with Gasteiger partial charge in [-0.1, -0.05) is 26.0 Å². The van der Waals surface area contributed by atoms with Gasteiger partial charge in [0.05, 0.1) is 24.4 Å². The number of carbonyl (C=O) groups excluding carboxylic acids is 2. The molecule has 170 valence electrons. The van der Waals surface area contributed by atoms with E-state index in [2.05, 4.69) is 5.32 Å². The fourth-order valence-electron chi connectivity index (χ4n) is 3.27. The topological polar surface area (TPSA) is 78.9 Å². The third-order valence-corrected chi connectivity index (χ3v) is 4.92. The SMILES string of the molecule is Cc1ccc(C(C)C)c(Oc2ccc(C(F)(F)F)cc2NC2=CC(=O)N(CCO)C2=O)c1. The number of alkyl halides is 3. The Kier molecular flexibility index (Phi) is 6.59. The molecule has 0 saturated heterocycles. The second-order valence-corrected chi connectivity index (χ2v) is 7.71. The van der Waals surface area contributed by atoms with Crippen molar-refractivity contribution in [3.05, 3.63) is 64.9 Å². The molecule has 32 heavy (non-hydrogen) atoms. The summed E-state index contributed by atoms with van der Waals surface area (Å²) in [6, 6.07) is 8.47. The number of hydrogen-bond donors (Lipinski definition) is 2. The van der Waals surface area contributed by atoms with Crippen LogP contribution in [0.5, 0.6) is 11.5 Å². The van der Waals surface area contributed by atoms with Crippen LogP contribution in [-0.2, 0) is 15.8 Å². The summed E-state index contributed by atoms with van der Waals surface area (Å²) < 4.78 is 46.0. The van der Waals surface area contributed by atoms with Crippen LogP contribution in [0.25, 0.3) is 0 Å². The van der Waals surface area contributed by atoms with Crippen LogP contribution < -0.4 is 10.1 Å². The molecular formula is C23H23F3N2O4. The van der Waals surface area contributed by atoms with Crippen LogP contribution >= 0.6 is 0 Å². The van der Waals surface area contributed by atoms with Crippen molar-refractivity contribution in [3.63, 3.8) is 0 Å². The number of benzene rings is 2. The van der Waals surface area contributed by atoms with E-state index in [0.717, 1.165) is 34.2 Å². The van der Waals surface area contributed by atoms with E-state index in [0.29, 0.717) is 5.75 Å². The van der Waals surface area contributed by atoms with Crippen molar-refractivity contribution in [1.82, 2.24) is 4.90 Å². The predicted molar refractivity (Wildman–Crippen MR) is 112 cm³/mol. The molecule has 0 radical (unpaired) electrons. The maximum absolute atomic E-state index is 13.3. The fraction of sp³-hybridized carbons (Fsp3) is 0.304. The summed E-state index contributed by atoms with van der Waals surface area (Å²) in [4.78, 5) is 25.3. The maximum atomic E-state index is 13.3. The number of nitrogens with one attached hydrogen (secondary N) is 1. The highest BCUT2D eigenvalue weighted by molar-refractivity contribution is 6.17. The summed E-state index contributed by atoms with van der Waals surface area (Å²) in [5.41, 5.74) is 0.507. The van der Waals surface area contributed by atoms with E-state index in [-0.39, 0.29) is 29.6 Å². The molecule has 6 nitrogen and oxygen atoms in total. The molecule has 1 aliphatic heterocycles. The Hall–Kier alpha value is -3.33. The van der Waals surface area contributed by atoms with Crippen molar-refractivity contribution in [3.8, 4) is 11.5 Å². The Bertz CT molecular complexity index is 1080. The van der Waals surface area contributed by atoms with E-state index in [1.54, 1.807) is 6.07 Å². The summed E-state index contributed by atoms with van der Waals surface area (Å²) in [7, 11) is 0. The maximum Gasteiger partial charge on any atom is 0.416 e. The first-order valence-corrected chi connectivity index (χ1v) is 9.96. The van der Waals surface area contributed by atoms with Gasteiger partial charge in [0.15, 0.2) is 5.75 Å². The minimum atomic E-state index is -4.62. The predicted octanol–water partition coefficient (Wildman–Crippen LogP) is 4.59. The monoisotopic (exact) mass is 448 g/mol. The Labute approximate surface area is 183 Å². The highest BCUT2D eigenvalue weighted by atomic mass is 19.4. The van der Waals surface area contributed by atoms with Crippen molar-refractivity contribution >= 4 is 17.5 Å². The van der Waals surface area contributed by atoms with Crippen molar-refractivity contribution in [2.75, 3.05) is 18.5 Å². The van der Waals surface area contributed by atoms with Crippen LogP contribution in [0.2, 0.25) is 0 Å². The molecule has 1 aliphatic rings. The molecule has 2 N–H and O–H groups in total. The Morgan fingerprint density at radius 2 is 1.81 bits per heavy atom. The molecule has 3 rings (SSSR count). The Balaban J connectivity index is 2.02. The van der Waals surface area contributed by atoms with Gasteiger partial charge in [0, 0.05) is 6.08 Å². The zero-order valence-electron chi connectivity index (χ0n) is 17.8. The van der Waals surface area contributed by atoms with E-state index in [4.69, 9.17) is 9.84 Å². The zero-order valence-corrected chi connectivity index (χ0v) is 17.8. The quantitative estimate of drug-likeness (QED) is 0.606. The number of amides is 2. The van der Waals surface area contributed by atoms with Gasteiger partial charge in [-0.3, -0.25) is 14.5 Å². The number of halogens is 3. The number of anilines is 1. The lowest BCUT2D eigenvalue weighted by molar-refractivity contribution is -0.138. The fourth-order valence-corrected chi connectivity index (χ4v) is 3.27. The largest absolute Gasteiger partial charge is 0.455 e. The van der Waals surface area contributed by atoms with Crippen LogP contribution in [0.1, 0.15) is 36.5 Å². The summed E-state index contributed by atoms with van der Waals surface area (Å²) in [6.07, 6.45) is -3.64. The van der Waals surface area contributed by atoms with Gasteiger partial charge in [-0.2, -0.15) is 13.2 Å². The molecule has 2 aromatic rings. The number of hydrogen-bond acceptors (Lipinski definition) is 5. The second kappa shape index (κ2) is 9.04. The van der Waals surface area contributed by atoms with Gasteiger partial charge in [-0.15, -0.1) is 0 Å². The standard InChI is InChI=1S/C23H23F3N2O4/c1-13(2)16-6-4-14(3)10-20(16)32-19-7-5-15(23(24,25)26)11-17(19)27-18-12-21(30)28(8-9-29)22(18)31/h4-7,10-13,27,29H,8-9H2,1-3H3. The Morgan fingerprint density at radius 3 is 2.44 bits per heavy atom. The minimum absolute atomic E-state index is 0.0623. The zero-order chi connectivity index (χ0) is 23.6. The van der Waals surface area contributed by atoms with Crippen molar-refractivity contribution in [2.45, 2.75) is 32.9 Å². The number of rotatable bonds is 7. The van der Waals surface area contributed by atoms with E-state index in [1.165, 1.54) is 6.07 Å². The molecule has 0 aromatic heterocycles. The molecule has 0 aliphatic carbocycles. The number of aryl methyl sites for hydroxylation is 1. The van der Waals surface area contributed by atoms with Crippen LogP contribution in [-0.4, -0.2) is 35.0 Å². The molecule has 0 unspecified atom stereocenters. The van der Waals surface area contributed by atoms with Crippen LogP contribution in [0.15, 0.2) is 48.2 Å². The van der Waals surface area contributed by atoms with Crippen molar-refractivity contribution < 1.29 is 32.6 Å². The van der Waals surface area contributed by atoms with Gasteiger partial charge in [0.1, 0.15) is 11.4 Å². The summed E-state index contributed by atoms with van der Waals surface area (Å²) in [5.74, 6) is -0.771. The average molecular weight is 448 g/mol. The lowest BCUT2D eigenvalue weighted by Gasteiger charge is -2.19. The highest BCUT2D eigenvalue weighted by Gasteiger charge is 2.34. The first-order chi connectivity index (χ1) is 15.0. The average Bonchev–Trinajstić information content (AvgIpc) is 2.96. The van der Waals surface area contributed by atoms with Crippen molar-refractivity contribution in [1.29, 1.82) is 0 Å². The molecular weight excluding hydrogens is 425 g/mol. The van der Waals surface area contributed by atoms with Gasteiger partial charge in [0.25, 0.3) is 11.8 Å². The number of β-amino-alcohol motifs (C(OH)–C–C–N with tert-alkyl or cyclic N) is 1. The van der Waals surface area contributed by atoms with E-state index in [9.17, 15) is 22.8 Å². The number of aliphatic hydroxyl groups is 1. The first-order valence-electron chi connectivity index (χ1n) is 9.96. The molecule has 2 aromatic carbocycles. The van der Waals surface area contributed by atoms with Gasteiger partial charge in [0.2, 0.25) is 0 Å². The number of carbonyl (C=O) groups is 2. The molecule has 0 fully saturated rings. The first kappa shape index (κ1) is 23.3. The van der Waals surface area contributed by atoms with E-state index < -0.39 is 30.2 Å². The smallest absolute Gasteiger partial charge is 0.416 e. The molecule has 1 heterocycles. The van der Waals surface area contributed by atoms with E-state index >= 15 is 0 Å². The summed E-state index contributed by atoms with van der Waals surface area (Å²) in [6.45, 7) is 5.15. The number of ether oxygens (including phenoxy) is 1. The van der Waals surface area contributed by atoms with Gasteiger partial charge < -0.3 is 15.2 Å². The summed E-state index contributed by atoms with van der Waals surface area (Å²) >= 11 is 0. The minimum Gasteiger partial charge on any atom is -0.455 e. The number of imide groups is 1. The Morgan fingerprint density at radius 1 is 1.09 bits per heavy atom. The van der Waals surface area contributed by atoms with Gasteiger partial charge in [-0.25, -0.2) is 0 Å². The van der Waals surface area contributed by atoms with Crippen LogP contribution in [0, 0.1) is 6.92 Å². The molecule has 0 atom stereocenters. The summed E-state index contributed by atoms with van der Waals surface area (Å²) in [5, 5.41) is 11.6. The van der Waals surface area contributed by atoms with Gasteiger partial charge >= 0.3 is 6.18 Å². The van der Waals surface area contributed by atoms with Crippen LogP contribution in [0.3, 0.4) is 0 Å². The lowest BCUT2D eigenvalue weighted by Crippen LogP contribution is -2.34. The molecule has 9 heteroatoms. The van der Waals surface area contributed by atoms with Gasteiger partial charge in [-0.05, 0) is 48.2 Å². The second-order valence-electron chi connectivity index (χ2n) is 7.71. The van der Waals surface area contributed by atoms with Crippen LogP contribution in [0.4, 0.5) is 18.9 Å². The van der Waals surface area contributed by atoms with Crippen molar-refractivity contribution in [2.24, 2.45) is 0 Å². The number of nitrogens with zero attached hydrogens (tertiary/aromatic N) is 1. The third kappa shape index (κ3) is 4.94.